The third-order valence-corrected chi connectivity index (χ3v) is 2.92. The number of hydrogen-bond donors (Lipinski definition) is 0. The Morgan fingerprint density at radius 1 is 1.29 bits per heavy atom. The predicted molar refractivity (Wildman–Crippen MR) is 60.8 cm³/mol. The molecular weight excluding hydrogens is 251 g/mol. The molecule has 0 amide bonds. The lowest BCUT2D eigenvalue weighted by Crippen LogP contribution is -2.06. The number of nitrogens with zero attached hydrogens (tertiary/aromatic N) is 1. The quantitative estimate of drug-likeness (QED) is 0.744. The van der Waals surface area contributed by atoms with Crippen LogP contribution in [0.1, 0.15) is 11.1 Å². The zero-order chi connectivity index (χ0) is 12.6. The molecule has 2 rings (SSSR count). The Labute approximate surface area is 101 Å². The SMILES string of the molecule is [CH2]Cc1cnc2c(C(F)(F)F)cccc2c1Cl. The van der Waals surface area contributed by atoms with Crippen LogP contribution < -0.4 is 0 Å². The maximum atomic E-state index is 12.7. The molecule has 1 aromatic carbocycles. The first kappa shape index (κ1) is 12.2. The Hall–Kier alpha value is -1.29. The normalized spacial score (nSPS) is 12.1. The minimum Gasteiger partial charge on any atom is -0.255 e. The summed E-state index contributed by atoms with van der Waals surface area (Å²) in [5.41, 5.74) is -0.256. The minimum atomic E-state index is -4.43. The van der Waals surface area contributed by atoms with Gasteiger partial charge < -0.3 is 0 Å². The fourth-order valence-corrected chi connectivity index (χ4v) is 1.93. The summed E-state index contributed by atoms with van der Waals surface area (Å²) >= 11 is 6.02. The van der Waals surface area contributed by atoms with Gasteiger partial charge in [0.1, 0.15) is 0 Å². The highest BCUT2D eigenvalue weighted by Gasteiger charge is 2.33. The summed E-state index contributed by atoms with van der Waals surface area (Å²) in [6.45, 7) is 3.65. The summed E-state index contributed by atoms with van der Waals surface area (Å²) in [5.74, 6) is 0. The van der Waals surface area contributed by atoms with Gasteiger partial charge in [-0.2, -0.15) is 13.2 Å². The number of para-hydroxylation sites is 1. The molecule has 1 heterocycles. The van der Waals surface area contributed by atoms with Crippen molar-refractivity contribution in [2.24, 2.45) is 0 Å². The lowest BCUT2D eigenvalue weighted by atomic mass is 10.1. The molecule has 0 saturated carbocycles. The first-order valence-corrected chi connectivity index (χ1v) is 5.25. The molecule has 0 aliphatic carbocycles. The van der Waals surface area contributed by atoms with Crippen LogP contribution in [0.15, 0.2) is 24.4 Å². The molecule has 0 bridgehead atoms. The highest BCUT2D eigenvalue weighted by atomic mass is 35.5. The Balaban J connectivity index is 2.80. The van der Waals surface area contributed by atoms with Crippen molar-refractivity contribution in [1.82, 2.24) is 4.98 Å². The molecule has 0 N–H and O–H groups in total. The molecule has 0 atom stereocenters. The standard InChI is InChI=1S/C12H8ClF3N/c1-2-7-6-17-11-8(10(7)13)4-3-5-9(11)12(14,15)16/h3-6H,1-2H2. The van der Waals surface area contributed by atoms with E-state index >= 15 is 0 Å². The Bertz CT molecular complexity index is 563. The number of halogens is 4. The van der Waals surface area contributed by atoms with Crippen LogP contribution in [0.5, 0.6) is 0 Å². The number of fused-ring (bicyclic) bond motifs is 1. The van der Waals surface area contributed by atoms with Crippen LogP contribution >= 0.6 is 11.6 Å². The molecule has 0 spiro atoms. The first-order valence-electron chi connectivity index (χ1n) is 4.87. The summed E-state index contributed by atoms with van der Waals surface area (Å²) in [4.78, 5) is 3.83. The maximum Gasteiger partial charge on any atom is 0.418 e. The largest absolute Gasteiger partial charge is 0.418 e. The van der Waals surface area contributed by atoms with E-state index in [0.29, 0.717) is 17.4 Å². The average Bonchev–Trinajstić information content (AvgIpc) is 2.28. The van der Waals surface area contributed by atoms with E-state index in [1.54, 1.807) is 0 Å². The van der Waals surface area contributed by atoms with Crippen molar-refractivity contribution < 1.29 is 13.2 Å². The molecular formula is C12H8ClF3N. The van der Waals surface area contributed by atoms with E-state index in [9.17, 15) is 13.2 Å². The number of pyridine rings is 1. The first-order chi connectivity index (χ1) is 7.95. The molecule has 2 aromatic rings. The molecule has 17 heavy (non-hydrogen) atoms. The van der Waals surface area contributed by atoms with Gasteiger partial charge in [0.2, 0.25) is 0 Å². The molecule has 1 radical (unpaired) electrons. The van der Waals surface area contributed by atoms with Crippen molar-refractivity contribution in [1.29, 1.82) is 0 Å². The third kappa shape index (κ3) is 2.09. The van der Waals surface area contributed by atoms with Gasteiger partial charge in [0.25, 0.3) is 0 Å². The molecule has 0 fully saturated rings. The van der Waals surface area contributed by atoms with Crippen LogP contribution in [-0.4, -0.2) is 4.98 Å². The third-order valence-electron chi connectivity index (χ3n) is 2.48. The highest BCUT2D eigenvalue weighted by Crippen LogP contribution is 2.36. The fraction of sp³-hybridized carbons (Fsp3) is 0.167. The van der Waals surface area contributed by atoms with Crippen LogP contribution in [0.3, 0.4) is 0 Å². The number of aromatic nitrogens is 1. The van der Waals surface area contributed by atoms with Crippen molar-refractivity contribution in [2.45, 2.75) is 12.6 Å². The van der Waals surface area contributed by atoms with Gasteiger partial charge in [-0.15, -0.1) is 0 Å². The lowest BCUT2D eigenvalue weighted by Gasteiger charge is -2.11. The summed E-state index contributed by atoms with van der Waals surface area (Å²) in [5, 5.41) is 0.596. The summed E-state index contributed by atoms with van der Waals surface area (Å²) in [6, 6.07) is 3.85. The van der Waals surface area contributed by atoms with Crippen LogP contribution in [0, 0.1) is 6.92 Å². The fourth-order valence-electron chi connectivity index (χ4n) is 1.63. The minimum absolute atomic E-state index is 0.123. The molecule has 1 nitrogen and oxygen atoms in total. The van der Waals surface area contributed by atoms with Crippen molar-refractivity contribution in [3.8, 4) is 0 Å². The molecule has 89 valence electrons. The van der Waals surface area contributed by atoms with Crippen LogP contribution in [0.2, 0.25) is 5.02 Å². The monoisotopic (exact) mass is 258 g/mol. The van der Waals surface area contributed by atoms with Gasteiger partial charge in [0, 0.05) is 11.6 Å². The summed E-state index contributed by atoms with van der Waals surface area (Å²) in [6.07, 6.45) is -2.70. The van der Waals surface area contributed by atoms with Gasteiger partial charge >= 0.3 is 6.18 Å². The van der Waals surface area contributed by atoms with Crippen LogP contribution in [0.4, 0.5) is 13.2 Å². The van der Waals surface area contributed by atoms with Crippen molar-refractivity contribution in [3.63, 3.8) is 0 Å². The van der Waals surface area contributed by atoms with E-state index in [1.165, 1.54) is 18.3 Å². The molecule has 0 saturated heterocycles. The predicted octanol–water partition coefficient (Wildman–Crippen LogP) is 4.28. The van der Waals surface area contributed by atoms with E-state index < -0.39 is 11.7 Å². The van der Waals surface area contributed by atoms with E-state index in [2.05, 4.69) is 11.9 Å². The Kier molecular flexibility index (Phi) is 3.00. The van der Waals surface area contributed by atoms with Gasteiger partial charge in [-0.3, -0.25) is 4.98 Å². The van der Waals surface area contributed by atoms with Gasteiger partial charge in [0.15, 0.2) is 0 Å². The number of benzene rings is 1. The maximum absolute atomic E-state index is 12.7. The zero-order valence-corrected chi connectivity index (χ0v) is 9.44. The van der Waals surface area contributed by atoms with E-state index in [0.717, 1.165) is 6.07 Å². The molecule has 1 aromatic heterocycles. The second kappa shape index (κ2) is 4.18. The van der Waals surface area contributed by atoms with Crippen molar-refractivity contribution in [2.75, 3.05) is 0 Å². The topological polar surface area (TPSA) is 12.9 Å². The van der Waals surface area contributed by atoms with E-state index in [1.807, 2.05) is 0 Å². The Morgan fingerprint density at radius 2 is 2.00 bits per heavy atom. The smallest absolute Gasteiger partial charge is 0.255 e. The Morgan fingerprint density at radius 3 is 2.59 bits per heavy atom. The second-order valence-corrected chi connectivity index (χ2v) is 3.92. The summed E-state index contributed by atoms with van der Waals surface area (Å²) < 4.78 is 38.2. The molecule has 0 unspecified atom stereocenters. The van der Waals surface area contributed by atoms with E-state index in [4.69, 9.17) is 11.6 Å². The van der Waals surface area contributed by atoms with Gasteiger partial charge in [-0.25, -0.2) is 0 Å². The van der Waals surface area contributed by atoms with Gasteiger partial charge in [0.05, 0.1) is 16.1 Å². The van der Waals surface area contributed by atoms with Gasteiger partial charge in [-0.1, -0.05) is 23.7 Å². The lowest BCUT2D eigenvalue weighted by molar-refractivity contribution is -0.136. The highest BCUT2D eigenvalue weighted by molar-refractivity contribution is 6.36. The molecule has 5 heteroatoms. The van der Waals surface area contributed by atoms with Crippen molar-refractivity contribution >= 4 is 22.5 Å². The van der Waals surface area contributed by atoms with Crippen molar-refractivity contribution in [3.05, 3.63) is 47.5 Å². The molecule has 0 aliphatic rings. The average molecular weight is 259 g/mol. The van der Waals surface area contributed by atoms with Crippen LogP contribution in [-0.2, 0) is 12.6 Å². The summed E-state index contributed by atoms with van der Waals surface area (Å²) in [7, 11) is 0. The van der Waals surface area contributed by atoms with Crippen LogP contribution in [0.25, 0.3) is 10.9 Å². The van der Waals surface area contributed by atoms with Gasteiger partial charge in [-0.05, 0) is 25.0 Å². The number of rotatable bonds is 1. The number of alkyl halides is 3. The molecule has 0 aliphatic heterocycles. The van der Waals surface area contributed by atoms with E-state index in [-0.39, 0.29) is 10.5 Å². The zero-order valence-electron chi connectivity index (χ0n) is 8.68. The second-order valence-electron chi connectivity index (χ2n) is 3.55. The number of hydrogen-bond acceptors (Lipinski definition) is 1.